The van der Waals surface area contributed by atoms with Gasteiger partial charge in [-0.1, -0.05) is 11.3 Å². The van der Waals surface area contributed by atoms with Crippen LogP contribution < -0.4 is 19.7 Å². The van der Waals surface area contributed by atoms with Crippen molar-refractivity contribution in [2.45, 2.75) is 4.34 Å². The largest absolute Gasteiger partial charge is 0.492 e. The summed E-state index contributed by atoms with van der Waals surface area (Å²) < 4.78 is 62.5. The van der Waals surface area contributed by atoms with Crippen molar-refractivity contribution in [3.63, 3.8) is 0 Å². The average molecular weight is 513 g/mol. The van der Waals surface area contributed by atoms with Gasteiger partial charge in [-0.15, -0.1) is 10.2 Å². The third kappa shape index (κ3) is 6.55. The summed E-state index contributed by atoms with van der Waals surface area (Å²) in [5.41, 5.74) is 5.68. The second-order valence-corrected chi connectivity index (χ2v) is 11.0. The molecule has 2 aromatic carbocycles. The van der Waals surface area contributed by atoms with Crippen LogP contribution >= 0.6 is 18.9 Å². The predicted molar refractivity (Wildman–Crippen MR) is 118 cm³/mol. The standard InChI is InChI=1S/C18H17FN5O6PS2/c1-21-16-7-6-14(10-15(16)19)30-31(25,26)11-22-33(27,28)18-24-23-17(32-18)12-2-4-13(5-3-12)29-9-8-20/h2-7,10,22H,8-9,11,20H2,(H,25,26). The van der Waals surface area contributed by atoms with Gasteiger partial charge in [0.25, 0.3) is 10.0 Å². The van der Waals surface area contributed by atoms with Crippen molar-refractivity contribution in [3.05, 3.63) is 59.7 Å². The molecule has 1 atom stereocenters. The SMILES string of the molecule is [C-]#[N+]c1ccc(OP(=O)(O)CNS(=O)(=O)c2nnc(-c3ccc(OCCN)cc3)s2)cc1F. The van der Waals surface area contributed by atoms with E-state index in [2.05, 4.69) is 15.0 Å². The van der Waals surface area contributed by atoms with Crippen molar-refractivity contribution < 1.29 is 31.5 Å². The fourth-order valence-electron chi connectivity index (χ4n) is 2.37. The second kappa shape index (κ2) is 10.3. The molecule has 174 valence electrons. The van der Waals surface area contributed by atoms with Gasteiger partial charge in [-0.25, -0.2) is 22.2 Å². The molecule has 1 heterocycles. The van der Waals surface area contributed by atoms with Crippen LogP contribution in [0.3, 0.4) is 0 Å². The zero-order valence-electron chi connectivity index (χ0n) is 16.7. The van der Waals surface area contributed by atoms with Gasteiger partial charge < -0.3 is 19.9 Å². The van der Waals surface area contributed by atoms with E-state index in [1.54, 1.807) is 24.3 Å². The lowest BCUT2D eigenvalue weighted by Gasteiger charge is -2.14. The van der Waals surface area contributed by atoms with Crippen LogP contribution in [0.25, 0.3) is 15.4 Å². The Hall–Kier alpha value is -2.92. The van der Waals surface area contributed by atoms with Crippen LogP contribution in [0.2, 0.25) is 0 Å². The van der Waals surface area contributed by atoms with Gasteiger partial charge in [-0.2, -0.15) is 4.72 Å². The van der Waals surface area contributed by atoms with Crippen LogP contribution in [0.1, 0.15) is 0 Å². The van der Waals surface area contributed by atoms with Crippen LogP contribution in [0.5, 0.6) is 11.5 Å². The number of nitrogens with zero attached hydrogens (tertiary/aromatic N) is 3. The topological polar surface area (TPSA) is 158 Å². The summed E-state index contributed by atoms with van der Waals surface area (Å²) in [6, 6.07) is 9.64. The molecule has 0 saturated carbocycles. The van der Waals surface area contributed by atoms with Crippen molar-refractivity contribution in [2.24, 2.45) is 5.73 Å². The summed E-state index contributed by atoms with van der Waals surface area (Å²) in [6.45, 7) is 7.50. The van der Waals surface area contributed by atoms with E-state index in [9.17, 15) is 22.3 Å². The molecule has 0 bridgehead atoms. The molecule has 0 spiro atoms. The molecule has 33 heavy (non-hydrogen) atoms. The number of rotatable bonds is 10. The molecular weight excluding hydrogens is 496 g/mol. The third-order valence-corrected chi connectivity index (χ3v) is 7.88. The van der Waals surface area contributed by atoms with Crippen LogP contribution in [-0.2, 0) is 14.6 Å². The Kier molecular flexibility index (Phi) is 7.75. The Morgan fingerprint density at radius 1 is 1.21 bits per heavy atom. The molecule has 3 aromatic rings. The summed E-state index contributed by atoms with van der Waals surface area (Å²) in [5.74, 6) is -0.684. The Labute approximate surface area is 192 Å². The van der Waals surface area contributed by atoms with Crippen LogP contribution in [0.15, 0.2) is 46.8 Å². The normalized spacial score (nSPS) is 13.2. The number of hydrogen-bond acceptors (Lipinski definition) is 9. The fourth-order valence-corrected chi connectivity index (χ4v) is 5.91. The Balaban J connectivity index is 1.66. The van der Waals surface area contributed by atoms with Crippen molar-refractivity contribution in [1.29, 1.82) is 0 Å². The van der Waals surface area contributed by atoms with Crippen LogP contribution in [0, 0.1) is 12.4 Å². The maximum atomic E-state index is 13.6. The van der Waals surface area contributed by atoms with Gasteiger partial charge in [0.1, 0.15) is 35.2 Å². The van der Waals surface area contributed by atoms with Gasteiger partial charge in [0, 0.05) is 18.2 Å². The van der Waals surface area contributed by atoms with Gasteiger partial charge in [0.05, 0.1) is 6.57 Å². The number of hydrogen-bond donors (Lipinski definition) is 3. The number of nitrogens with two attached hydrogens (primary N) is 1. The molecule has 3 rings (SSSR count). The highest BCUT2D eigenvalue weighted by Crippen LogP contribution is 2.42. The van der Waals surface area contributed by atoms with E-state index in [4.69, 9.17) is 21.6 Å². The van der Waals surface area contributed by atoms with Gasteiger partial charge in [-0.05, 0) is 36.4 Å². The summed E-state index contributed by atoms with van der Waals surface area (Å²) >= 11 is 0.754. The summed E-state index contributed by atoms with van der Waals surface area (Å²) in [7, 11) is -8.82. The lowest BCUT2D eigenvalue weighted by atomic mass is 10.2. The Bertz CT molecular complexity index is 1330. The molecule has 0 aliphatic rings. The van der Waals surface area contributed by atoms with Crippen LogP contribution in [0.4, 0.5) is 10.1 Å². The number of nitrogens with one attached hydrogen (secondary N) is 1. The first-order valence-corrected chi connectivity index (χ1v) is 13.1. The van der Waals surface area contributed by atoms with Crippen molar-refractivity contribution >= 4 is 34.6 Å². The Morgan fingerprint density at radius 2 is 1.91 bits per heavy atom. The number of ether oxygens (including phenoxy) is 1. The lowest BCUT2D eigenvalue weighted by molar-refractivity contribution is 0.328. The quantitative estimate of drug-likeness (QED) is 0.274. The van der Waals surface area contributed by atoms with Gasteiger partial charge in [-0.3, -0.25) is 0 Å². The Morgan fingerprint density at radius 3 is 2.55 bits per heavy atom. The van der Waals surface area contributed by atoms with E-state index in [-0.39, 0.29) is 11.4 Å². The number of sulfonamides is 1. The second-order valence-electron chi connectivity index (χ2n) is 6.29. The number of benzene rings is 2. The fraction of sp³-hybridized carbons (Fsp3) is 0.167. The highest BCUT2D eigenvalue weighted by Gasteiger charge is 2.28. The first kappa shape index (κ1) is 24.7. The van der Waals surface area contributed by atoms with E-state index in [1.807, 2.05) is 4.72 Å². The van der Waals surface area contributed by atoms with E-state index in [1.165, 1.54) is 0 Å². The minimum Gasteiger partial charge on any atom is -0.492 e. The smallest absolute Gasteiger partial charge is 0.391 e. The van der Waals surface area contributed by atoms with Gasteiger partial charge in [0.15, 0.2) is 0 Å². The first-order chi connectivity index (χ1) is 15.6. The molecular formula is C18H17FN5O6PS2. The van der Waals surface area contributed by atoms with E-state index < -0.39 is 34.1 Å². The first-order valence-electron chi connectivity index (χ1n) is 9.08. The molecule has 0 radical (unpaired) electrons. The molecule has 0 amide bonds. The molecule has 1 aromatic heterocycles. The molecule has 0 fully saturated rings. The summed E-state index contributed by atoms with van der Waals surface area (Å²) in [4.78, 5) is 12.9. The molecule has 4 N–H and O–H groups in total. The molecule has 1 unspecified atom stereocenters. The van der Waals surface area contributed by atoms with Crippen molar-refractivity contribution in [2.75, 3.05) is 19.4 Å². The maximum absolute atomic E-state index is 13.6. The highest BCUT2D eigenvalue weighted by atomic mass is 32.2. The molecule has 11 nitrogen and oxygen atoms in total. The zero-order valence-corrected chi connectivity index (χ0v) is 19.2. The molecule has 0 aliphatic carbocycles. The number of aromatic nitrogens is 2. The third-order valence-electron chi connectivity index (χ3n) is 3.87. The summed E-state index contributed by atoms with van der Waals surface area (Å²) in [5, 5.41) is 7.78. The minimum atomic E-state index is -4.54. The molecule has 0 aliphatic heterocycles. The lowest BCUT2D eigenvalue weighted by Crippen LogP contribution is -2.25. The minimum absolute atomic E-state index is 0.291. The van der Waals surface area contributed by atoms with E-state index in [0.29, 0.717) is 29.5 Å². The van der Waals surface area contributed by atoms with Gasteiger partial charge in [0.2, 0.25) is 10.0 Å². The average Bonchev–Trinajstić information content (AvgIpc) is 3.28. The zero-order chi connectivity index (χ0) is 24.1. The predicted octanol–water partition coefficient (Wildman–Crippen LogP) is 2.73. The molecule has 15 heteroatoms. The maximum Gasteiger partial charge on any atom is 0.391 e. The number of halogens is 1. The van der Waals surface area contributed by atoms with E-state index >= 15 is 0 Å². The van der Waals surface area contributed by atoms with Crippen molar-refractivity contribution in [3.8, 4) is 22.1 Å². The van der Waals surface area contributed by atoms with Crippen molar-refractivity contribution in [1.82, 2.24) is 14.9 Å². The van der Waals surface area contributed by atoms with Crippen LogP contribution in [-0.4, -0.2) is 42.9 Å². The van der Waals surface area contributed by atoms with Gasteiger partial charge >= 0.3 is 7.60 Å². The van der Waals surface area contributed by atoms with E-state index in [0.717, 1.165) is 29.5 Å². The highest BCUT2D eigenvalue weighted by molar-refractivity contribution is 7.91. The monoisotopic (exact) mass is 513 g/mol. The molecule has 0 saturated heterocycles. The summed E-state index contributed by atoms with van der Waals surface area (Å²) in [6.07, 6.45) is -0.996.